The van der Waals surface area contributed by atoms with Gasteiger partial charge in [0.1, 0.15) is 31.0 Å². The highest BCUT2D eigenvalue weighted by Crippen LogP contribution is 2.31. The molecule has 3 atom stereocenters. The van der Waals surface area contributed by atoms with Crippen molar-refractivity contribution in [2.24, 2.45) is 4.99 Å². The maximum Gasteiger partial charge on any atom is 0.206 e. The average Bonchev–Trinajstić information content (AvgIpc) is 2.92. The van der Waals surface area contributed by atoms with Crippen molar-refractivity contribution < 1.29 is 19.7 Å². The van der Waals surface area contributed by atoms with Crippen LogP contribution in [0.1, 0.15) is 16.8 Å². The lowest BCUT2D eigenvalue weighted by Crippen LogP contribution is -2.35. The van der Waals surface area contributed by atoms with Crippen LogP contribution in [0.2, 0.25) is 0 Å². The number of hydrogen-bond donors (Lipinski definition) is 3. The minimum atomic E-state index is -0.932. The summed E-state index contributed by atoms with van der Waals surface area (Å²) in [5, 5.41) is 22.0. The predicted octanol–water partition coefficient (Wildman–Crippen LogP) is -1.38. The zero-order valence-corrected chi connectivity index (χ0v) is 10.8. The number of nitrogens with zero attached hydrogens (tertiary/aromatic N) is 4. The summed E-state index contributed by atoms with van der Waals surface area (Å²) in [5.74, 6) is 0.263. The Morgan fingerprint density at radius 2 is 2.40 bits per heavy atom. The summed E-state index contributed by atoms with van der Waals surface area (Å²) in [7, 11) is 1.66. The SMILES string of the molecule is CN1[C@H](O)[C@@H](CO)O[C@H]1n1cnc2c1NC=NCC2=O. The van der Waals surface area contributed by atoms with Crippen LogP contribution in [0.3, 0.4) is 0 Å². The number of Topliss-reactive ketones (excluding diaryl/α,β-unsaturated/α-hetero) is 1. The molecule has 108 valence electrons. The average molecular weight is 281 g/mol. The molecule has 0 amide bonds. The molecule has 1 fully saturated rings. The number of fused-ring (bicyclic) bond motifs is 1. The van der Waals surface area contributed by atoms with Crippen LogP contribution in [0.25, 0.3) is 0 Å². The monoisotopic (exact) mass is 281 g/mol. The van der Waals surface area contributed by atoms with Crippen LogP contribution < -0.4 is 5.32 Å². The molecule has 9 heteroatoms. The summed E-state index contributed by atoms with van der Waals surface area (Å²) in [4.78, 5) is 21.3. The fourth-order valence-electron chi connectivity index (χ4n) is 2.30. The number of rotatable bonds is 2. The van der Waals surface area contributed by atoms with Crippen molar-refractivity contribution in [3.63, 3.8) is 0 Å². The second-order valence-electron chi connectivity index (χ2n) is 4.65. The zero-order valence-electron chi connectivity index (χ0n) is 10.8. The molecule has 0 aromatic carbocycles. The highest BCUT2D eigenvalue weighted by atomic mass is 16.6. The molecule has 2 aliphatic heterocycles. The third-order valence-corrected chi connectivity index (χ3v) is 3.40. The fourth-order valence-corrected chi connectivity index (χ4v) is 2.30. The molecular weight excluding hydrogens is 266 g/mol. The van der Waals surface area contributed by atoms with E-state index in [-0.39, 0.29) is 24.6 Å². The maximum absolute atomic E-state index is 11.8. The van der Waals surface area contributed by atoms with E-state index in [1.165, 1.54) is 17.6 Å². The molecule has 0 saturated carbocycles. The van der Waals surface area contributed by atoms with Crippen LogP contribution in [0.4, 0.5) is 5.82 Å². The highest BCUT2D eigenvalue weighted by Gasteiger charge is 2.40. The lowest BCUT2D eigenvalue weighted by Gasteiger charge is -2.22. The largest absolute Gasteiger partial charge is 0.394 e. The Hall–Kier alpha value is -1.81. The number of carbonyl (C=O) groups is 1. The van der Waals surface area contributed by atoms with Gasteiger partial charge < -0.3 is 20.3 Å². The van der Waals surface area contributed by atoms with E-state index < -0.39 is 18.7 Å². The summed E-state index contributed by atoms with van der Waals surface area (Å²) >= 11 is 0. The van der Waals surface area contributed by atoms with Crippen molar-refractivity contribution in [1.82, 2.24) is 14.5 Å². The van der Waals surface area contributed by atoms with Crippen molar-refractivity contribution in [2.45, 2.75) is 18.7 Å². The number of anilines is 1. The first-order chi connectivity index (χ1) is 9.63. The molecule has 0 aliphatic carbocycles. The number of aliphatic imine (C=N–C) groups is 1. The van der Waals surface area contributed by atoms with Gasteiger partial charge in [-0.25, -0.2) is 9.88 Å². The molecule has 0 bridgehead atoms. The van der Waals surface area contributed by atoms with E-state index in [1.54, 1.807) is 11.6 Å². The molecule has 9 nitrogen and oxygen atoms in total. The lowest BCUT2D eigenvalue weighted by molar-refractivity contribution is -0.0574. The molecule has 1 aromatic rings. The molecular formula is C11H15N5O4. The van der Waals surface area contributed by atoms with Crippen molar-refractivity contribution in [3.8, 4) is 0 Å². The van der Waals surface area contributed by atoms with Crippen molar-refractivity contribution in [3.05, 3.63) is 12.0 Å². The molecule has 3 heterocycles. The van der Waals surface area contributed by atoms with Gasteiger partial charge in [-0.1, -0.05) is 0 Å². The first-order valence-corrected chi connectivity index (χ1v) is 6.14. The van der Waals surface area contributed by atoms with Gasteiger partial charge in [0.25, 0.3) is 0 Å². The van der Waals surface area contributed by atoms with E-state index in [2.05, 4.69) is 15.3 Å². The number of hydrogen-bond acceptors (Lipinski definition) is 8. The zero-order chi connectivity index (χ0) is 14.3. The Bertz CT molecular complexity index is 557. The third kappa shape index (κ3) is 1.91. The van der Waals surface area contributed by atoms with Crippen LogP contribution in [0, 0.1) is 0 Å². The Balaban J connectivity index is 1.96. The van der Waals surface area contributed by atoms with Gasteiger partial charge in [0.15, 0.2) is 12.0 Å². The molecule has 0 radical (unpaired) electrons. The van der Waals surface area contributed by atoms with E-state index in [1.807, 2.05) is 0 Å². The smallest absolute Gasteiger partial charge is 0.206 e. The number of imidazole rings is 1. The van der Waals surface area contributed by atoms with Gasteiger partial charge in [0.2, 0.25) is 5.78 Å². The standard InChI is InChI=1S/C11H15N5O4/c1-15-10(19)7(3-17)20-11(15)16-5-14-8-6(18)2-12-4-13-9(8)16/h4-5,7,10-11,17,19H,2-3H2,1H3,(H,12,13)/t7-,10-,11-/m1/s1. The molecule has 1 saturated heterocycles. The van der Waals surface area contributed by atoms with E-state index in [0.717, 1.165) is 0 Å². The normalized spacial score (nSPS) is 30.1. The maximum atomic E-state index is 11.8. The van der Waals surface area contributed by atoms with Gasteiger partial charge in [-0.05, 0) is 7.05 Å². The Morgan fingerprint density at radius 3 is 3.10 bits per heavy atom. The summed E-state index contributed by atoms with van der Waals surface area (Å²) in [6, 6.07) is 0. The van der Waals surface area contributed by atoms with E-state index in [4.69, 9.17) is 9.84 Å². The van der Waals surface area contributed by atoms with Crippen LogP contribution in [-0.4, -0.2) is 69.3 Å². The molecule has 1 aromatic heterocycles. The second-order valence-corrected chi connectivity index (χ2v) is 4.65. The minimum absolute atomic E-state index is 0.0419. The van der Waals surface area contributed by atoms with Crippen molar-refractivity contribution in [1.29, 1.82) is 0 Å². The van der Waals surface area contributed by atoms with Crippen molar-refractivity contribution >= 4 is 17.9 Å². The Kier molecular flexibility index (Phi) is 3.26. The first-order valence-electron chi connectivity index (χ1n) is 6.14. The molecule has 3 rings (SSSR count). The summed E-state index contributed by atoms with van der Waals surface area (Å²) in [5.41, 5.74) is 0.279. The van der Waals surface area contributed by atoms with Gasteiger partial charge in [0, 0.05) is 0 Å². The van der Waals surface area contributed by atoms with Crippen LogP contribution in [0.5, 0.6) is 0 Å². The molecule has 2 aliphatic rings. The van der Waals surface area contributed by atoms with Crippen LogP contribution in [-0.2, 0) is 4.74 Å². The molecule has 3 N–H and O–H groups in total. The van der Waals surface area contributed by atoms with Gasteiger partial charge in [0.05, 0.1) is 12.9 Å². The van der Waals surface area contributed by atoms with Gasteiger partial charge in [-0.3, -0.25) is 14.4 Å². The number of ether oxygens (including phenoxy) is 1. The summed E-state index contributed by atoms with van der Waals surface area (Å²) < 4.78 is 7.16. The number of carbonyl (C=O) groups excluding carboxylic acids is 1. The Labute approximate surface area is 114 Å². The molecule has 0 unspecified atom stereocenters. The quantitative estimate of drug-likeness (QED) is 0.612. The third-order valence-electron chi connectivity index (χ3n) is 3.40. The number of ketones is 1. The summed E-state index contributed by atoms with van der Waals surface area (Å²) in [6.45, 7) is -0.257. The van der Waals surface area contributed by atoms with E-state index in [9.17, 15) is 9.90 Å². The number of aliphatic hydroxyl groups excluding tert-OH is 2. The minimum Gasteiger partial charge on any atom is -0.394 e. The highest BCUT2D eigenvalue weighted by molar-refractivity contribution is 6.04. The molecule has 0 spiro atoms. The van der Waals surface area contributed by atoms with Gasteiger partial charge >= 0.3 is 0 Å². The number of likely N-dealkylation sites (N-methyl/N-ethyl adjacent to an activating group) is 1. The van der Waals surface area contributed by atoms with E-state index >= 15 is 0 Å². The number of aliphatic hydroxyl groups is 2. The van der Waals surface area contributed by atoms with Crippen LogP contribution in [0.15, 0.2) is 11.3 Å². The molecule has 20 heavy (non-hydrogen) atoms. The first kappa shape index (κ1) is 13.2. The van der Waals surface area contributed by atoms with E-state index in [0.29, 0.717) is 5.82 Å². The lowest BCUT2D eigenvalue weighted by atomic mass is 10.3. The topological polar surface area (TPSA) is 112 Å². The van der Waals surface area contributed by atoms with Crippen molar-refractivity contribution in [2.75, 3.05) is 25.5 Å². The predicted molar refractivity (Wildman–Crippen MR) is 68.3 cm³/mol. The number of nitrogens with one attached hydrogen (secondary N) is 1. The fraction of sp³-hybridized carbons (Fsp3) is 0.545. The Morgan fingerprint density at radius 1 is 1.60 bits per heavy atom. The van der Waals surface area contributed by atoms with Gasteiger partial charge in [-0.2, -0.15) is 0 Å². The van der Waals surface area contributed by atoms with Crippen LogP contribution >= 0.6 is 0 Å². The van der Waals surface area contributed by atoms with Gasteiger partial charge in [-0.15, -0.1) is 0 Å². The number of aromatic nitrogens is 2. The summed E-state index contributed by atoms with van der Waals surface area (Å²) in [6.07, 6.45) is 0.584. The second kappa shape index (κ2) is 4.94.